The van der Waals surface area contributed by atoms with Crippen LogP contribution in [-0.4, -0.2) is 29.2 Å². The van der Waals surface area contributed by atoms with Crippen molar-refractivity contribution < 1.29 is 19.5 Å². The monoisotopic (exact) mass is 248 g/mol. The summed E-state index contributed by atoms with van der Waals surface area (Å²) in [5.74, 6) is -1.60. The number of hydrogen-bond acceptors (Lipinski definition) is 4. The fourth-order valence-electron chi connectivity index (χ4n) is 1.62. The van der Waals surface area contributed by atoms with Gasteiger partial charge in [-0.15, -0.1) is 0 Å². The van der Waals surface area contributed by atoms with E-state index in [4.69, 9.17) is 9.94 Å². The lowest BCUT2D eigenvalue weighted by atomic mass is 10.0. The Morgan fingerprint density at radius 1 is 1.39 bits per heavy atom. The van der Waals surface area contributed by atoms with Crippen LogP contribution in [-0.2, 0) is 14.4 Å². The Balaban J connectivity index is 1.91. The summed E-state index contributed by atoms with van der Waals surface area (Å²) in [7, 11) is 0. The third kappa shape index (κ3) is 2.85. The number of hydrogen-bond donors (Lipinski definition) is 2. The first-order valence-electron chi connectivity index (χ1n) is 5.44. The molecule has 2 N–H and O–H groups in total. The molecule has 1 amide bonds. The topological polar surface area (TPSA) is 88.0 Å². The summed E-state index contributed by atoms with van der Waals surface area (Å²) in [5, 5.41) is 14.4. The zero-order valence-corrected chi connectivity index (χ0v) is 9.50. The molecule has 0 fully saturated rings. The molecule has 1 aliphatic heterocycles. The SMILES string of the molecule is O=C(O)CNC(=O)C1=NOC(c2ccccc2)C1. The Kier molecular flexibility index (Phi) is 3.57. The molecule has 1 atom stereocenters. The van der Waals surface area contributed by atoms with E-state index in [0.29, 0.717) is 6.42 Å². The number of carbonyl (C=O) groups excluding carboxylic acids is 1. The largest absolute Gasteiger partial charge is 0.480 e. The van der Waals surface area contributed by atoms with Gasteiger partial charge in [0.25, 0.3) is 5.91 Å². The molecule has 0 aromatic heterocycles. The van der Waals surface area contributed by atoms with Gasteiger partial charge in [-0.3, -0.25) is 9.59 Å². The van der Waals surface area contributed by atoms with Crippen molar-refractivity contribution in [2.45, 2.75) is 12.5 Å². The number of carboxylic acid groups (broad SMARTS) is 1. The number of oxime groups is 1. The van der Waals surface area contributed by atoms with Gasteiger partial charge in [0.05, 0.1) is 0 Å². The highest BCUT2D eigenvalue weighted by Crippen LogP contribution is 2.26. The van der Waals surface area contributed by atoms with Crippen LogP contribution in [0.15, 0.2) is 35.5 Å². The number of nitrogens with one attached hydrogen (secondary N) is 1. The van der Waals surface area contributed by atoms with E-state index in [2.05, 4.69) is 10.5 Å². The lowest BCUT2D eigenvalue weighted by Crippen LogP contribution is -2.34. The zero-order chi connectivity index (χ0) is 13.0. The van der Waals surface area contributed by atoms with Crippen LogP contribution in [0.1, 0.15) is 18.1 Å². The number of nitrogens with zero attached hydrogens (tertiary/aromatic N) is 1. The van der Waals surface area contributed by atoms with Crippen molar-refractivity contribution in [1.29, 1.82) is 0 Å². The minimum absolute atomic E-state index is 0.213. The molecule has 1 aromatic rings. The number of carboxylic acids is 1. The van der Waals surface area contributed by atoms with E-state index in [1.807, 2.05) is 30.3 Å². The molecule has 1 unspecified atom stereocenters. The van der Waals surface area contributed by atoms with Crippen molar-refractivity contribution in [3.05, 3.63) is 35.9 Å². The minimum atomic E-state index is -1.09. The average Bonchev–Trinajstić information content (AvgIpc) is 2.86. The molecular formula is C12H12N2O4. The van der Waals surface area contributed by atoms with Crippen LogP contribution in [0.2, 0.25) is 0 Å². The molecule has 94 valence electrons. The predicted molar refractivity (Wildman–Crippen MR) is 63.0 cm³/mol. The van der Waals surface area contributed by atoms with Gasteiger partial charge in [0, 0.05) is 6.42 Å². The molecule has 0 radical (unpaired) electrons. The molecule has 1 aromatic carbocycles. The maximum Gasteiger partial charge on any atom is 0.322 e. The van der Waals surface area contributed by atoms with E-state index >= 15 is 0 Å². The van der Waals surface area contributed by atoms with Crippen molar-refractivity contribution in [1.82, 2.24) is 5.32 Å². The van der Waals surface area contributed by atoms with Crippen LogP contribution >= 0.6 is 0 Å². The predicted octanol–water partition coefficient (Wildman–Crippen LogP) is 0.705. The van der Waals surface area contributed by atoms with Crippen LogP contribution in [0.5, 0.6) is 0 Å². The molecular weight excluding hydrogens is 236 g/mol. The number of aliphatic carboxylic acids is 1. The first-order valence-corrected chi connectivity index (χ1v) is 5.44. The average molecular weight is 248 g/mol. The van der Waals surface area contributed by atoms with Gasteiger partial charge in [0.2, 0.25) is 0 Å². The van der Waals surface area contributed by atoms with Gasteiger partial charge in [0.1, 0.15) is 12.3 Å². The number of carbonyl (C=O) groups is 2. The van der Waals surface area contributed by atoms with E-state index in [0.717, 1.165) is 5.56 Å². The number of amides is 1. The van der Waals surface area contributed by atoms with E-state index in [-0.39, 0.29) is 11.8 Å². The van der Waals surface area contributed by atoms with Gasteiger partial charge in [-0.25, -0.2) is 0 Å². The molecule has 2 rings (SSSR count). The highest BCUT2D eigenvalue weighted by atomic mass is 16.6. The summed E-state index contributed by atoms with van der Waals surface area (Å²) in [6.45, 7) is -0.423. The van der Waals surface area contributed by atoms with E-state index in [9.17, 15) is 9.59 Å². The van der Waals surface area contributed by atoms with Crippen LogP contribution in [0, 0.1) is 0 Å². The van der Waals surface area contributed by atoms with Crippen molar-refractivity contribution in [3.8, 4) is 0 Å². The summed E-state index contributed by atoms with van der Waals surface area (Å²) in [6.07, 6.45) is 0.0620. The lowest BCUT2D eigenvalue weighted by Gasteiger charge is -2.07. The van der Waals surface area contributed by atoms with Crippen molar-refractivity contribution in [2.24, 2.45) is 5.16 Å². The Morgan fingerprint density at radius 3 is 2.78 bits per heavy atom. The maximum absolute atomic E-state index is 11.5. The zero-order valence-electron chi connectivity index (χ0n) is 9.50. The third-order valence-electron chi connectivity index (χ3n) is 2.50. The molecule has 6 heteroatoms. The second-order valence-corrected chi connectivity index (χ2v) is 3.82. The highest BCUT2D eigenvalue weighted by molar-refractivity contribution is 6.39. The standard InChI is InChI=1S/C12H12N2O4/c15-11(16)7-13-12(17)9-6-10(18-14-9)8-4-2-1-3-5-8/h1-5,10H,6-7H2,(H,13,17)(H,15,16). The Bertz CT molecular complexity index is 484. The van der Waals surface area contributed by atoms with Crippen molar-refractivity contribution in [3.63, 3.8) is 0 Å². The van der Waals surface area contributed by atoms with Crippen LogP contribution in [0.4, 0.5) is 0 Å². The maximum atomic E-state index is 11.5. The fraction of sp³-hybridized carbons (Fsp3) is 0.250. The Labute approximate surface area is 103 Å². The Hall–Kier alpha value is -2.37. The molecule has 0 aliphatic carbocycles. The second-order valence-electron chi connectivity index (χ2n) is 3.82. The van der Waals surface area contributed by atoms with Crippen molar-refractivity contribution >= 4 is 17.6 Å². The molecule has 0 saturated heterocycles. The minimum Gasteiger partial charge on any atom is -0.480 e. The summed E-state index contributed by atoms with van der Waals surface area (Å²) in [4.78, 5) is 27.0. The first kappa shape index (κ1) is 12.1. The summed E-state index contributed by atoms with van der Waals surface area (Å²) in [5.41, 5.74) is 1.15. The molecule has 18 heavy (non-hydrogen) atoms. The van der Waals surface area contributed by atoms with Gasteiger partial charge < -0.3 is 15.3 Å². The van der Waals surface area contributed by atoms with Gasteiger partial charge in [-0.2, -0.15) is 0 Å². The fourth-order valence-corrected chi connectivity index (χ4v) is 1.62. The summed E-state index contributed by atoms with van der Waals surface area (Å²) in [6, 6.07) is 9.42. The number of rotatable bonds is 4. The van der Waals surface area contributed by atoms with Crippen molar-refractivity contribution in [2.75, 3.05) is 6.54 Å². The summed E-state index contributed by atoms with van der Waals surface area (Å²) >= 11 is 0. The quantitative estimate of drug-likeness (QED) is 0.821. The molecule has 0 bridgehead atoms. The molecule has 1 heterocycles. The normalized spacial score (nSPS) is 17.8. The van der Waals surface area contributed by atoms with Crippen LogP contribution < -0.4 is 5.32 Å². The van der Waals surface area contributed by atoms with Crippen LogP contribution in [0.3, 0.4) is 0 Å². The molecule has 1 aliphatic rings. The molecule has 6 nitrogen and oxygen atoms in total. The third-order valence-corrected chi connectivity index (χ3v) is 2.50. The van der Waals surface area contributed by atoms with Gasteiger partial charge in [0.15, 0.2) is 6.10 Å². The van der Waals surface area contributed by atoms with Crippen LogP contribution in [0.25, 0.3) is 0 Å². The van der Waals surface area contributed by atoms with E-state index in [1.165, 1.54) is 0 Å². The van der Waals surface area contributed by atoms with E-state index in [1.54, 1.807) is 0 Å². The first-order chi connectivity index (χ1) is 8.66. The highest BCUT2D eigenvalue weighted by Gasteiger charge is 2.27. The second kappa shape index (κ2) is 5.31. The van der Waals surface area contributed by atoms with Gasteiger partial charge in [-0.1, -0.05) is 35.5 Å². The number of benzene rings is 1. The smallest absolute Gasteiger partial charge is 0.322 e. The van der Waals surface area contributed by atoms with Gasteiger partial charge >= 0.3 is 5.97 Å². The molecule has 0 spiro atoms. The molecule has 0 saturated carbocycles. The lowest BCUT2D eigenvalue weighted by molar-refractivity contribution is -0.137. The van der Waals surface area contributed by atoms with Gasteiger partial charge in [-0.05, 0) is 5.56 Å². The van der Waals surface area contributed by atoms with E-state index < -0.39 is 18.4 Å². The Morgan fingerprint density at radius 2 is 2.11 bits per heavy atom. The summed E-state index contributed by atoms with van der Waals surface area (Å²) < 4.78 is 0.